The lowest BCUT2D eigenvalue weighted by atomic mass is 10.1. The molecule has 3 aromatic rings. The number of aromatic amines is 2. The van der Waals surface area contributed by atoms with Crippen molar-refractivity contribution in [2.24, 2.45) is 0 Å². The van der Waals surface area contributed by atoms with Crippen LogP contribution in [0.4, 0.5) is 0 Å². The van der Waals surface area contributed by atoms with Crippen LogP contribution in [-0.4, -0.2) is 32.8 Å². The van der Waals surface area contributed by atoms with Crippen molar-refractivity contribution in [3.05, 3.63) is 50.3 Å². The summed E-state index contributed by atoms with van der Waals surface area (Å²) in [7, 11) is 1.83. The van der Waals surface area contributed by atoms with Gasteiger partial charge in [0.2, 0.25) is 5.91 Å². The fourth-order valence-corrected chi connectivity index (χ4v) is 3.52. The maximum atomic E-state index is 12.2. The molecule has 1 aromatic carbocycles. The summed E-state index contributed by atoms with van der Waals surface area (Å²) >= 11 is 1.62. The molecule has 0 fully saturated rings. The van der Waals surface area contributed by atoms with Crippen LogP contribution in [0.1, 0.15) is 28.3 Å². The molecule has 2 N–H and O–H groups in total. The van der Waals surface area contributed by atoms with E-state index in [2.05, 4.69) is 15.0 Å². The first-order chi connectivity index (χ1) is 11.5. The van der Waals surface area contributed by atoms with Crippen molar-refractivity contribution >= 4 is 28.3 Å². The Balaban J connectivity index is 1.50. The van der Waals surface area contributed by atoms with Crippen LogP contribution < -0.4 is 5.69 Å². The normalized spacial score (nSPS) is 11.1. The van der Waals surface area contributed by atoms with Gasteiger partial charge >= 0.3 is 5.69 Å². The molecule has 7 heteroatoms. The van der Waals surface area contributed by atoms with Crippen LogP contribution in [0.5, 0.6) is 0 Å². The van der Waals surface area contributed by atoms with Gasteiger partial charge < -0.3 is 14.9 Å². The van der Waals surface area contributed by atoms with E-state index in [9.17, 15) is 9.59 Å². The van der Waals surface area contributed by atoms with Gasteiger partial charge in [-0.25, -0.2) is 9.78 Å². The van der Waals surface area contributed by atoms with Gasteiger partial charge in [0.15, 0.2) is 0 Å². The molecule has 0 atom stereocenters. The molecule has 0 spiro atoms. The molecule has 0 unspecified atom stereocenters. The van der Waals surface area contributed by atoms with Gasteiger partial charge in [-0.15, -0.1) is 11.3 Å². The first-order valence-corrected chi connectivity index (χ1v) is 8.69. The first-order valence-electron chi connectivity index (χ1n) is 7.87. The van der Waals surface area contributed by atoms with Crippen molar-refractivity contribution in [3.63, 3.8) is 0 Å². The number of hydrogen-bond acceptors (Lipinski definition) is 4. The number of aromatic nitrogens is 3. The van der Waals surface area contributed by atoms with Gasteiger partial charge in [0.1, 0.15) is 0 Å². The van der Waals surface area contributed by atoms with Crippen molar-refractivity contribution < 1.29 is 4.79 Å². The standard InChI is InChI=1S/C17H20N4O2S/c1-11-18-9-13(24-11)10-21(2)16(22)5-3-4-12-6-7-14-15(8-12)20-17(23)19-14/h6-9H,3-5,10H2,1-2H3,(H2,19,20,23). The molecule has 0 saturated heterocycles. The van der Waals surface area contributed by atoms with Crippen LogP contribution in [-0.2, 0) is 17.8 Å². The Hall–Kier alpha value is -2.41. The van der Waals surface area contributed by atoms with E-state index in [4.69, 9.17) is 0 Å². The number of carbonyl (C=O) groups excluding carboxylic acids is 1. The lowest BCUT2D eigenvalue weighted by Crippen LogP contribution is -2.25. The molecule has 2 aromatic heterocycles. The Morgan fingerprint density at radius 1 is 1.29 bits per heavy atom. The van der Waals surface area contributed by atoms with Gasteiger partial charge in [0.05, 0.1) is 22.6 Å². The molecule has 6 nitrogen and oxygen atoms in total. The maximum absolute atomic E-state index is 12.2. The molecular weight excluding hydrogens is 324 g/mol. The maximum Gasteiger partial charge on any atom is 0.323 e. The van der Waals surface area contributed by atoms with E-state index in [1.165, 1.54) is 0 Å². The second kappa shape index (κ2) is 7.00. The van der Waals surface area contributed by atoms with E-state index in [-0.39, 0.29) is 11.6 Å². The highest BCUT2D eigenvalue weighted by Crippen LogP contribution is 2.15. The number of rotatable bonds is 6. The SMILES string of the molecule is Cc1ncc(CN(C)C(=O)CCCc2ccc3[nH]c(=O)[nH]c3c2)s1. The third-order valence-corrected chi connectivity index (χ3v) is 4.82. The highest BCUT2D eigenvalue weighted by molar-refractivity contribution is 7.11. The highest BCUT2D eigenvalue weighted by atomic mass is 32.1. The van der Waals surface area contributed by atoms with E-state index >= 15 is 0 Å². The van der Waals surface area contributed by atoms with Crippen molar-refractivity contribution in [2.45, 2.75) is 32.7 Å². The van der Waals surface area contributed by atoms with E-state index < -0.39 is 0 Å². The van der Waals surface area contributed by atoms with Crippen LogP contribution in [0.2, 0.25) is 0 Å². The molecule has 2 heterocycles. The van der Waals surface area contributed by atoms with Crippen molar-refractivity contribution in [2.75, 3.05) is 7.05 Å². The molecule has 0 bridgehead atoms. The summed E-state index contributed by atoms with van der Waals surface area (Å²) in [5, 5.41) is 1.02. The van der Waals surface area contributed by atoms with Gasteiger partial charge in [-0.05, 0) is 37.5 Å². The topological polar surface area (TPSA) is 81.8 Å². The van der Waals surface area contributed by atoms with Gasteiger partial charge in [-0.3, -0.25) is 4.79 Å². The zero-order chi connectivity index (χ0) is 17.1. The summed E-state index contributed by atoms with van der Waals surface area (Å²) in [6.07, 6.45) is 3.93. The summed E-state index contributed by atoms with van der Waals surface area (Å²) in [6.45, 7) is 2.57. The van der Waals surface area contributed by atoms with Crippen LogP contribution in [0, 0.1) is 6.92 Å². The largest absolute Gasteiger partial charge is 0.341 e. The Kier molecular flexibility index (Phi) is 4.80. The molecule has 126 valence electrons. The summed E-state index contributed by atoms with van der Waals surface area (Å²) < 4.78 is 0. The summed E-state index contributed by atoms with van der Waals surface area (Å²) in [5.74, 6) is 0.136. The number of amides is 1. The fraction of sp³-hybridized carbons (Fsp3) is 0.353. The Bertz CT molecular complexity index is 909. The van der Waals surface area contributed by atoms with Crippen molar-refractivity contribution in [1.82, 2.24) is 19.9 Å². The Labute approximate surface area is 143 Å². The molecule has 3 rings (SSSR count). The first kappa shape index (κ1) is 16.4. The van der Waals surface area contributed by atoms with Gasteiger partial charge in [0.25, 0.3) is 0 Å². The quantitative estimate of drug-likeness (QED) is 0.721. The van der Waals surface area contributed by atoms with Crippen molar-refractivity contribution in [1.29, 1.82) is 0 Å². The number of fused-ring (bicyclic) bond motifs is 1. The number of thiazole rings is 1. The lowest BCUT2D eigenvalue weighted by Gasteiger charge is -2.15. The average Bonchev–Trinajstić information content (AvgIpc) is 3.11. The molecule has 0 aliphatic carbocycles. The third kappa shape index (κ3) is 3.91. The van der Waals surface area contributed by atoms with Crippen LogP contribution in [0.25, 0.3) is 11.0 Å². The zero-order valence-electron chi connectivity index (χ0n) is 13.8. The number of aryl methyl sites for hydroxylation is 2. The number of carbonyl (C=O) groups is 1. The Morgan fingerprint density at radius 2 is 2.08 bits per heavy atom. The van der Waals surface area contributed by atoms with E-state index in [0.717, 1.165) is 39.3 Å². The van der Waals surface area contributed by atoms with E-state index in [0.29, 0.717) is 13.0 Å². The van der Waals surface area contributed by atoms with E-state index in [1.807, 2.05) is 38.4 Å². The minimum atomic E-state index is -0.197. The number of benzene rings is 1. The number of nitrogens with zero attached hydrogens (tertiary/aromatic N) is 2. The molecular formula is C17H20N4O2S. The number of imidazole rings is 1. The second-order valence-corrected chi connectivity index (χ2v) is 7.23. The third-order valence-electron chi connectivity index (χ3n) is 3.92. The summed E-state index contributed by atoms with van der Waals surface area (Å²) in [4.78, 5) is 36.0. The second-order valence-electron chi connectivity index (χ2n) is 5.91. The van der Waals surface area contributed by atoms with Crippen LogP contribution in [0.15, 0.2) is 29.2 Å². The lowest BCUT2D eigenvalue weighted by molar-refractivity contribution is -0.130. The average molecular weight is 344 g/mol. The Morgan fingerprint density at radius 3 is 2.83 bits per heavy atom. The summed E-state index contributed by atoms with van der Waals surface area (Å²) in [5.41, 5.74) is 2.53. The van der Waals surface area contributed by atoms with Gasteiger partial charge in [-0.2, -0.15) is 0 Å². The van der Waals surface area contributed by atoms with E-state index in [1.54, 1.807) is 16.2 Å². The predicted octanol–water partition coefficient (Wildman–Crippen LogP) is 2.60. The molecule has 0 aliphatic heterocycles. The monoisotopic (exact) mass is 344 g/mol. The number of hydrogen-bond donors (Lipinski definition) is 2. The van der Waals surface area contributed by atoms with Crippen LogP contribution >= 0.6 is 11.3 Å². The predicted molar refractivity (Wildman–Crippen MR) is 95.2 cm³/mol. The van der Waals surface area contributed by atoms with Gasteiger partial charge in [0, 0.05) is 24.5 Å². The molecule has 1 amide bonds. The minimum Gasteiger partial charge on any atom is -0.341 e. The molecule has 0 radical (unpaired) electrons. The molecule has 24 heavy (non-hydrogen) atoms. The minimum absolute atomic E-state index is 0.136. The van der Waals surface area contributed by atoms with Gasteiger partial charge in [-0.1, -0.05) is 6.07 Å². The molecule has 0 aliphatic rings. The number of H-pyrrole nitrogens is 2. The smallest absolute Gasteiger partial charge is 0.323 e. The molecule has 0 saturated carbocycles. The number of nitrogens with one attached hydrogen (secondary N) is 2. The fourth-order valence-electron chi connectivity index (χ4n) is 2.67. The van der Waals surface area contributed by atoms with Crippen LogP contribution in [0.3, 0.4) is 0 Å². The zero-order valence-corrected chi connectivity index (χ0v) is 14.6. The highest BCUT2D eigenvalue weighted by Gasteiger charge is 2.11. The van der Waals surface area contributed by atoms with Crippen molar-refractivity contribution in [3.8, 4) is 0 Å². The summed E-state index contributed by atoms with van der Waals surface area (Å²) in [6, 6.07) is 5.84.